The Bertz CT molecular complexity index is 250. The van der Waals surface area contributed by atoms with Gasteiger partial charge in [0.25, 0.3) is 0 Å². The van der Waals surface area contributed by atoms with Crippen molar-refractivity contribution in [3.63, 3.8) is 0 Å². The minimum atomic E-state index is 0.580. The highest BCUT2D eigenvalue weighted by atomic mass is 35.5. The predicted molar refractivity (Wildman–Crippen MR) is 55.7 cm³/mol. The predicted octanol–water partition coefficient (Wildman–Crippen LogP) is 3.38. The summed E-state index contributed by atoms with van der Waals surface area (Å²) >= 11 is 7.65. The van der Waals surface area contributed by atoms with E-state index in [-0.39, 0.29) is 0 Å². The van der Waals surface area contributed by atoms with Crippen molar-refractivity contribution in [2.45, 2.75) is 24.9 Å². The Hall–Kier alpha value is -0.210. The average molecular weight is 202 g/mol. The number of aromatic nitrogens is 1. The molecule has 0 fully saturated rings. The normalized spacial score (nSPS) is 10.7. The second-order valence-corrected chi connectivity index (χ2v) is 4.80. The van der Waals surface area contributed by atoms with E-state index < -0.39 is 0 Å². The van der Waals surface area contributed by atoms with E-state index in [1.165, 1.54) is 5.56 Å². The lowest BCUT2D eigenvalue weighted by Gasteiger charge is -2.04. The quantitative estimate of drug-likeness (QED) is 0.696. The zero-order valence-electron chi connectivity index (χ0n) is 7.25. The molecule has 12 heavy (non-hydrogen) atoms. The minimum absolute atomic E-state index is 0.580. The van der Waals surface area contributed by atoms with Gasteiger partial charge in [-0.2, -0.15) is 11.8 Å². The molecule has 0 N–H and O–H groups in total. The summed E-state index contributed by atoms with van der Waals surface area (Å²) in [6.45, 7) is 4.38. The van der Waals surface area contributed by atoms with Crippen molar-refractivity contribution in [1.82, 2.24) is 4.98 Å². The molecular formula is C9H12ClNS. The lowest BCUT2D eigenvalue weighted by atomic mass is 10.3. The molecule has 0 bridgehead atoms. The first-order chi connectivity index (χ1) is 5.68. The summed E-state index contributed by atoms with van der Waals surface area (Å²) in [5.74, 6) is 1.01. The summed E-state index contributed by atoms with van der Waals surface area (Å²) in [5, 5.41) is 1.24. The average Bonchev–Trinajstić information content (AvgIpc) is 2.01. The van der Waals surface area contributed by atoms with E-state index in [2.05, 4.69) is 18.8 Å². The van der Waals surface area contributed by atoms with E-state index in [0.717, 1.165) is 5.75 Å². The van der Waals surface area contributed by atoms with Gasteiger partial charge in [0.1, 0.15) is 5.15 Å². The first-order valence-corrected chi connectivity index (χ1v) is 5.33. The molecule has 0 aliphatic carbocycles. The fourth-order valence-corrected chi connectivity index (χ4v) is 1.70. The van der Waals surface area contributed by atoms with Crippen molar-refractivity contribution < 1.29 is 0 Å². The van der Waals surface area contributed by atoms with E-state index in [1.807, 2.05) is 23.9 Å². The Kier molecular flexibility index (Phi) is 3.89. The number of hydrogen-bond donors (Lipinski definition) is 0. The van der Waals surface area contributed by atoms with Crippen molar-refractivity contribution in [2.75, 3.05) is 0 Å². The first-order valence-electron chi connectivity index (χ1n) is 3.90. The van der Waals surface area contributed by atoms with Crippen LogP contribution in [0.25, 0.3) is 0 Å². The number of rotatable bonds is 3. The second kappa shape index (κ2) is 4.73. The summed E-state index contributed by atoms with van der Waals surface area (Å²) in [6.07, 6.45) is 1.75. The summed E-state index contributed by atoms with van der Waals surface area (Å²) in [7, 11) is 0. The largest absolute Gasteiger partial charge is 0.245 e. The van der Waals surface area contributed by atoms with Crippen LogP contribution in [0, 0.1) is 0 Å². The maximum absolute atomic E-state index is 5.74. The maximum Gasteiger partial charge on any atom is 0.129 e. The van der Waals surface area contributed by atoms with Gasteiger partial charge in [-0.3, -0.25) is 0 Å². The molecule has 0 radical (unpaired) electrons. The van der Waals surface area contributed by atoms with Crippen LogP contribution < -0.4 is 0 Å². The Morgan fingerprint density at radius 1 is 1.58 bits per heavy atom. The van der Waals surface area contributed by atoms with E-state index in [4.69, 9.17) is 11.6 Å². The molecule has 1 aromatic heterocycles. The highest BCUT2D eigenvalue weighted by Crippen LogP contribution is 2.18. The van der Waals surface area contributed by atoms with Crippen LogP contribution in [-0.4, -0.2) is 10.2 Å². The molecule has 0 amide bonds. The Morgan fingerprint density at radius 3 is 2.92 bits per heavy atom. The van der Waals surface area contributed by atoms with Crippen LogP contribution in [0.15, 0.2) is 18.3 Å². The van der Waals surface area contributed by atoms with Crippen molar-refractivity contribution in [1.29, 1.82) is 0 Å². The number of pyridine rings is 1. The molecule has 0 saturated heterocycles. The molecule has 1 rings (SSSR count). The lowest BCUT2D eigenvalue weighted by Crippen LogP contribution is -1.89. The van der Waals surface area contributed by atoms with Gasteiger partial charge in [0, 0.05) is 11.9 Å². The van der Waals surface area contributed by atoms with Gasteiger partial charge < -0.3 is 0 Å². The van der Waals surface area contributed by atoms with Crippen molar-refractivity contribution in [2.24, 2.45) is 0 Å². The molecule has 0 spiro atoms. The van der Waals surface area contributed by atoms with Gasteiger partial charge in [0.2, 0.25) is 0 Å². The highest BCUT2D eigenvalue weighted by molar-refractivity contribution is 7.99. The Morgan fingerprint density at radius 2 is 2.33 bits per heavy atom. The van der Waals surface area contributed by atoms with Gasteiger partial charge in [-0.05, 0) is 22.9 Å². The summed E-state index contributed by atoms with van der Waals surface area (Å²) in [5.41, 5.74) is 1.24. The number of hydrogen-bond acceptors (Lipinski definition) is 2. The molecule has 1 aromatic rings. The molecule has 3 heteroatoms. The van der Waals surface area contributed by atoms with Gasteiger partial charge in [-0.1, -0.05) is 25.4 Å². The van der Waals surface area contributed by atoms with Crippen LogP contribution in [0.3, 0.4) is 0 Å². The molecule has 0 saturated carbocycles. The maximum atomic E-state index is 5.74. The molecule has 0 unspecified atom stereocenters. The van der Waals surface area contributed by atoms with Gasteiger partial charge in [-0.15, -0.1) is 0 Å². The third-order valence-corrected chi connectivity index (χ3v) is 2.75. The fourth-order valence-electron chi connectivity index (χ4n) is 0.795. The summed E-state index contributed by atoms with van der Waals surface area (Å²) < 4.78 is 0. The van der Waals surface area contributed by atoms with Crippen LogP contribution >= 0.6 is 23.4 Å². The van der Waals surface area contributed by atoms with Crippen LogP contribution in [0.1, 0.15) is 19.4 Å². The molecule has 0 aliphatic rings. The van der Waals surface area contributed by atoms with Crippen LogP contribution in [0.4, 0.5) is 0 Å². The van der Waals surface area contributed by atoms with E-state index in [0.29, 0.717) is 10.4 Å². The number of nitrogens with zero attached hydrogens (tertiary/aromatic N) is 1. The lowest BCUT2D eigenvalue weighted by molar-refractivity contribution is 1.11. The third kappa shape index (κ3) is 3.46. The van der Waals surface area contributed by atoms with Crippen LogP contribution in [-0.2, 0) is 5.75 Å². The van der Waals surface area contributed by atoms with E-state index in [9.17, 15) is 0 Å². The van der Waals surface area contributed by atoms with Crippen LogP contribution in [0.5, 0.6) is 0 Å². The van der Waals surface area contributed by atoms with Gasteiger partial charge in [-0.25, -0.2) is 4.98 Å². The van der Waals surface area contributed by atoms with Gasteiger partial charge in [0.15, 0.2) is 0 Å². The summed E-state index contributed by atoms with van der Waals surface area (Å²) in [6, 6.07) is 3.91. The zero-order chi connectivity index (χ0) is 8.97. The van der Waals surface area contributed by atoms with E-state index in [1.54, 1.807) is 6.20 Å². The molecule has 66 valence electrons. The van der Waals surface area contributed by atoms with Gasteiger partial charge >= 0.3 is 0 Å². The monoisotopic (exact) mass is 201 g/mol. The number of thioether (sulfide) groups is 1. The molecule has 1 heterocycles. The molecular weight excluding hydrogens is 190 g/mol. The molecule has 1 nitrogen and oxygen atoms in total. The fraction of sp³-hybridized carbons (Fsp3) is 0.444. The zero-order valence-corrected chi connectivity index (χ0v) is 8.82. The molecule has 0 aromatic carbocycles. The minimum Gasteiger partial charge on any atom is -0.245 e. The van der Waals surface area contributed by atoms with Crippen molar-refractivity contribution in [3.05, 3.63) is 29.0 Å². The number of halogens is 1. The van der Waals surface area contributed by atoms with Crippen LogP contribution in [0.2, 0.25) is 5.15 Å². The Labute approximate surface area is 82.5 Å². The topological polar surface area (TPSA) is 12.9 Å². The second-order valence-electron chi connectivity index (χ2n) is 2.85. The first kappa shape index (κ1) is 9.87. The molecule has 0 atom stereocenters. The Balaban J connectivity index is 2.52. The summed E-state index contributed by atoms with van der Waals surface area (Å²) in [4.78, 5) is 3.92. The third-order valence-electron chi connectivity index (χ3n) is 1.37. The smallest absolute Gasteiger partial charge is 0.129 e. The van der Waals surface area contributed by atoms with Crippen molar-refractivity contribution >= 4 is 23.4 Å². The van der Waals surface area contributed by atoms with Crippen molar-refractivity contribution in [3.8, 4) is 0 Å². The SMILES string of the molecule is CC(C)SCc1ccnc(Cl)c1. The van der Waals surface area contributed by atoms with Gasteiger partial charge in [0.05, 0.1) is 0 Å². The van der Waals surface area contributed by atoms with E-state index >= 15 is 0 Å². The standard InChI is InChI=1S/C9H12ClNS/c1-7(2)12-6-8-3-4-11-9(10)5-8/h3-5,7H,6H2,1-2H3. The molecule has 0 aliphatic heterocycles. The highest BCUT2D eigenvalue weighted by Gasteiger charge is 1.97.